The fraction of sp³-hybridized carbons (Fsp3) is 0.379. The molecule has 0 radical (unpaired) electrons. The quantitative estimate of drug-likeness (QED) is 0.447. The second kappa shape index (κ2) is 8.24. The molecule has 2 heterocycles. The highest BCUT2D eigenvalue weighted by atomic mass is 16.5. The normalized spacial score (nSPS) is 25.1. The first-order valence-electron chi connectivity index (χ1n) is 11.8. The van der Waals surface area contributed by atoms with Crippen molar-refractivity contribution in [2.75, 3.05) is 0 Å². The molecule has 1 saturated heterocycles. The van der Waals surface area contributed by atoms with Gasteiger partial charge in [-0.05, 0) is 69.0 Å². The molecular weight excluding hydrogens is 428 g/mol. The molecular formula is C29H30O5. The van der Waals surface area contributed by atoms with E-state index in [1.54, 1.807) is 0 Å². The lowest BCUT2D eigenvalue weighted by Gasteiger charge is -2.23. The van der Waals surface area contributed by atoms with Gasteiger partial charge in [0.05, 0.1) is 35.0 Å². The van der Waals surface area contributed by atoms with Crippen LogP contribution >= 0.6 is 0 Å². The summed E-state index contributed by atoms with van der Waals surface area (Å²) >= 11 is 0. The number of carbonyl (C=O) groups is 2. The second-order valence-electron chi connectivity index (χ2n) is 10.5. The zero-order valence-corrected chi connectivity index (χ0v) is 20.3. The van der Waals surface area contributed by atoms with Crippen molar-refractivity contribution in [2.24, 2.45) is 17.3 Å². The molecule has 2 aliphatic heterocycles. The number of esters is 1. The summed E-state index contributed by atoms with van der Waals surface area (Å²) in [6.07, 6.45) is 3.43. The number of hydrogen-bond acceptors (Lipinski definition) is 5. The molecule has 4 atom stereocenters. The van der Waals surface area contributed by atoms with Gasteiger partial charge in [-0.2, -0.15) is 0 Å². The van der Waals surface area contributed by atoms with E-state index in [1.807, 2.05) is 89.2 Å². The van der Waals surface area contributed by atoms with Crippen molar-refractivity contribution in [3.05, 3.63) is 82.6 Å². The number of benzene rings is 2. The van der Waals surface area contributed by atoms with E-state index in [2.05, 4.69) is 0 Å². The maximum absolute atomic E-state index is 13.7. The van der Waals surface area contributed by atoms with Crippen LogP contribution in [0.3, 0.4) is 0 Å². The fourth-order valence-corrected chi connectivity index (χ4v) is 5.15. The van der Waals surface area contributed by atoms with Crippen LogP contribution in [0.4, 0.5) is 0 Å². The Morgan fingerprint density at radius 2 is 1.59 bits per heavy atom. The van der Waals surface area contributed by atoms with E-state index >= 15 is 0 Å². The first-order chi connectivity index (χ1) is 16.1. The largest absolute Gasteiger partial charge is 0.489 e. The second-order valence-corrected chi connectivity index (χ2v) is 10.5. The number of aryl methyl sites for hydroxylation is 2. The minimum Gasteiger partial charge on any atom is -0.489 e. The maximum atomic E-state index is 13.7. The summed E-state index contributed by atoms with van der Waals surface area (Å²) < 4.78 is 18.0. The van der Waals surface area contributed by atoms with Crippen molar-refractivity contribution in [1.82, 2.24) is 0 Å². The van der Waals surface area contributed by atoms with Crippen LogP contribution < -0.4 is 4.74 Å². The molecule has 5 rings (SSSR count). The number of hydrogen-bond donors (Lipinski definition) is 0. The predicted octanol–water partition coefficient (Wildman–Crippen LogP) is 5.34. The molecule has 4 unspecified atom stereocenters. The Bertz CT molecular complexity index is 1190. The third kappa shape index (κ3) is 3.78. The highest BCUT2D eigenvalue weighted by molar-refractivity contribution is 6.26. The molecule has 2 aromatic rings. The van der Waals surface area contributed by atoms with Crippen LogP contribution in [0.15, 0.2) is 60.4 Å². The first-order valence-corrected chi connectivity index (χ1v) is 11.8. The van der Waals surface area contributed by atoms with Crippen LogP contribution in [0.5, 0.6) is 5.75 Å². The minimum atomic E-state index is -0.688. The number of ketones is 1. The molecule has 2 aromatic carbocycles. The van der Waals surface area contributed by atoms with Gasteiger partial charge in [-0.25, -0.2) is 0 Å². The first kappa shape index (κ1) is 22.6. The van der Waals surface area contributed by atoms with Crippen LogP contribution in [0.1, 0.15) is 43.0 Å². The van der Waals surface area contributed by atoms with Gasteiger partial charge < -0.3 is 14.2 Å². The van der Waals surface area contributed by atoms with Gasteiger partial charge in [-0.15, -0.1) is 0 Å². The topological polar surface area (TPSA) is 61.8 Å². The zero-order chi connectivity index (χ0) is 24.2. The number of carbonyl (C=O) groups excluding carboxylic acids is 2. The van der Waals surface area contributed by atoms with Gasteiger partial charge in [0, 0.05) is 0 Å². The summed E-state index contributed by atoms with van der Waals surface area (Å²) in [5.41, 5.74) is 3.56. The molecule has 5 heteroatoms. The monoisotopic (exact) mass is 458 g/mol. The Hall–Kier alpha value is -3.18. The van der Waals surface area contributed by atoms with E-state index in [0.29, 0.717) is 17.9 Å². The van der Waals surface area contributed by atoms with E-state index in [0.717, 1.165) is 28.0 Å². The van der Waals surface area contributed by atoms with E-state index in [4.69, 9.17) is 14.2 Å². The van der Waals surface area contributed by atoms with Gasteiger partial charge in [-0.1, -0.05) is 42.5 Å². The molecule has 0 saturated carbocycles. The summed E-state index contributed by atoms with van der Waals surface area (Å²) in [6.45, 7) is 9.85. The molecule has 0 aromatic heterocycles. The van der Waals surface area contributed by atoms with Crippen molar-refractivity contribution in [3.63, 3.8) is 0 Å². The Morgan fingerprint density at radius 1 is 0.971 bits per heavy atom. The molecule has 1 fully saturated rings. The van der Waals surface area contributed by atoms with Gasteiger partial charge in [0.2, 0.25) is 0 Å². The number of ether oxygens (including phenoxy) is 3. The van der Waals surface area contributed by atoms with Crippen molar-refractivity contribution in [2.45, 2.75) is 53.4 Å². The van der Waals surface area contributed by atoms with Crippen LogP contribution in [0, 0.1) is 31.1 Å². The zero-order valence-electron chi connectivity index (χ0n) is 20.3. The van der Waals surface area contributed by atoms with Gasteiger partial charge >= 0.3 is 5.97 Å². The fourth-order valence-electron chi connectivity index (χ4n) is 5.15. The lowest BCUT2D eigenvalue weighted by atomic mass is 9.84. The average Bonchev–Trinajstić information content (AvgIpc) is 3.47. The van der Waals surface area contributed by atoms with Crippen molar-refractivity contribution >= 4 is 17.3 Å². The number of allylic oxidation sites excluding steroid dienone is 1. The molecule has 0 spiro atoms. The molecule has 176 valence electrons. The number of rotatable bonds is 5. The third-order valence-corrected chi connectivity index (χ3v) is 6.82. The van der Waals surface area contributed by atoms with Gasteiger partial charge in [0.15, 0.2) is 5.78 Å². The lowest BCUT2D eigenvalue weighted by Crippen LogP contribution is -2.29. The van der Waals surface area contributed by atoms with E-state index in [1.165, 1.54) is 0 Å². The maximum Gasteiger partial charge on any atom is 0.316 e. The highest BCUT2D eigenvalue weighted by Gasteiger charge is 2.58. The average molecular weight is 459 g/mol. The summed E-state index contributed by atoms with van der Waals surface area (Å²) in [7, 11) is 0. The SMILES string of the molecule is Cc1cc(OCc2ccccc2)cc(C)c1C1=C(OC(=O)C(C)(C)C)C2C3C=CC(O3)C2C1=O. The van der Waals surface area contributed by atoms with Gasteiger partial charge in [0.25, 0.3) is 0 Å². The smallest absolute Gasteiger partial charge is 0.316 e. The van der Waals surface area contributed by atoms with Crippen molar-refractivity contribution in [1.29, 1.82) is 0 Å². The molecule has 0 N–H and O–H groups in total. The predicted molar refractivity (Wildman–Crippen MR) is 129 cm³/mol. The molecule has 5 nitrogen and oxygen atoms in total. The van der Waals surface area contributed by atoms with Crippen LogP contribution in [-0.2, 0) is 25.7 Å². The molecule has 2 bridgehead atoms. The molecule has 1 aliphatic carbocycles. The Labute approximate surface area is 200 Å². The summed E-state index contributed by atoms with van der Waals surface area (Å²) in [4.78, 5) is 26.6. The van der Waals surface area contributed by atoms with Crippen LogP contribution in [0.2, 0.25) is 0 Å². The minimum absolute atomic E-state index is 0.0114. The Balaban J connectivity index is 1.53. The summed E-state index contributed by atoms with van der Waals surface area (Å²) in [5, 5.41) is 0. The lowest BCUT2D eigenvalue weighted by molar-refractivity contribution is -0.149. The standard InChI is InChI=1S/C29H30O5/c1-16-13-19(32-15-18-9-7-6-8-10-18)14-17(2)22(16)25-26(30)23-20-11-12-21(33-20)24(23)27(25)34-28(31)29(3,4)5/h6-14,20-21,23-24H,15H2,1-5H3. The van der Waals surface area contributed by atoms with E-state index in [-0.39, 0.29) is 35.8 Å². The van der Waals surface area contributed by atoms with Crippen LogP contribution in [0.25, 0.3) is 5.57 Å². The van der Waals surface area contributed by atoms with E-state index < -0.39 is 5.41 Å². The summed E-state index contributed by atoms with van der Waals surface area (Å²) in [6, 6.07) is 13.9. The highest BCUT2D eigenvalue weighted by Crippen LogP contribution is 2.53. The molecule has 3 aliphatic rings. The Kier molecular flexibility index (Phi) is 5.48. The Morgan fingerprint density at radius 3 is 2.21 bits per heavy atom. The number of fused-ring (bicyclic) bond motifs is 5. The van der Waals surface area contributed by atoms with Crippen molar-refractivity contribution in [3.8, 4) is 5.75 Å². The van der Waals surface area contributed by atoms with Crippen LogP contribution in [-0.4, -0.2) is 24.0 Å². The third-order valence-electron chi connectivity index (χ3n) is 6.82. The van der Waals surface area contributed by atoms with E-state index in [9.17, 15) is 9.59 Å². The molecule has 0 amide bonds. The van der Waals surface area contributed by atoms with Gasteiger partial charge in [-0.3, -0.25) is 9.59 Å². The van der Waals surface area contributed by atoms with Crippen molar-refractivity contribution < 1.29 is 23.8 Å². The molecule has 34 heavy (non-hydrogen) atoms. The number of Topliss-reactive ketones (excluding diaryl/α,β-unsaturated/α-hetero) is 1. The summed E-state index contributed by atoms with van der Waals surface area (Å²) in [5.74, 6) is 0.223. The van der Waals surface area contributed by atoms with Gasteiger partial charge in [0.1, 0.15) is 18.1 Å².